The van der Waals surface area contributed by atoms with E-state index >= 15 is 0 Å². The third kappa shape index (κ3) is 3.41. The molecule has 6 nitrogen and oxygen atoms in total. The Labute approximate surface area is 107 Å². The molecule has 0 bridgehead atoms. The Morgan fingerprint density at radius 3 is 2.78 bits per heavy atom. The molecule has 0 aliphatic carbocycles. The molecule has 0 saturated carbocycles. The lowest BCUT2D eigenvalue weighted by molar-refractivity contribution is 0.0579. The third-order valence-corrected chi connectivity index (χ3v) is 2.70. The van der Waals surface area contributed by atoms with E-state index in [1.54, 1.807) is 24.1 Å². The third-order valence-electron chi connectivity index (χ3n) is 2.70. The summed E-state index contributed by atoms with van der Waals surface area (Å²) >= 11 is 0. The highest BCUT2D eigenvalue weighted by atomic mass is 16.5. The van der Waals surface area contributed by atoms with Gasteiger partial charge < -0.3 is 15.1 Å². The molecule has 0 radical (unpaired) electrons. The number of methoxy groups -OCH3 is 1. The van der Waals surface area contributed by atoms with Crippen LogP contribution in [0.25, 0.3) is 0 Å². The quantitative estimate of drug-likeness (QED) is 0.580. The van der Waals surface area contributed by atoms with Crippen LogP contribution in [-0.4, -0.2) is 42.1 Å². The van der Waals surface area contributed by atoms with E-state index in [1.165, 1.54) is 6.20 Å². The number of aromatic nitrogens is 1. The molecule has 1 heterocycles. The Hall–Kier alpha value is -1.66. The Balaban J connectivity index is 2.82. The lowest BCUT2D eigenvalue weighted by atomic mass is 10.2. The molecule has 1 rings (SSSR count). The summed E-state index contributed by atoms with van der Waals surface area (Å²) in [6, 6.07) is 3.40. The van der Waals surface area contributed by atoms with Crippen LogP contribution >= 0.6 is 0 Å². The predicted octanol–water partition coefficient (Wildman–Crippen LogP) is 0.864. The van der Waals surface area contributed by atoms with Gasteiger partial charge in [-0.3, -0.25) is 4.79 Å². The number of hydrogen-bond acceptors (Lipinski definition) is 5. The van der Waals surface area contributed by atoms with Gasteiger partial charge in [0.15, 0.2) is 0 Å². The number of hydrazine groups is 1. The van der Waals surface area contributed by atoms with E-state index in [9.17, 15) is 4.79 Å². The summed E-state index contributed by atoms with van der Waals surface area (Å²) in [6.07, 6.45) is 1.51. The van der Waals surface area contributed by atoms with Gasteiger partial charge >= 0.3 is 0 Å². The molecule has 0 fully saturated rings. The number of pyridine rings is 1. The van der Waals surface area contributed by atoms with Crippen molar-refractivity contribution in [3.8, 4) is 0 Å². The SMILES string of the molecule is CCN(C(=O)c1ccc(NN)nc1)C(C)COC. The molecule has 100 valence electrons. The average molecular weight is 252 g/mol. The minimum absolute atomic E-state index is 0.0276. The van der Waals surface area contributed by atoms with Gasteiger partial charge in [-0.2, -0.15) is 0 Å². The monoisotopic (exact) mass is 252 g/mol. The van der Waals surface area contributed by atoms with E-state index in [-0.39, 0.29) is 11.9 Å². The zero-order chi connectivity index (χ0) is 13.5. The van der Waals surface area contributed by atoms with Gasteiger partial charge in [0, 0.05) is 19.9 Å². The second-order valence-corrected chi connectivity index (χ2v) is 3.97. The summed E-state index contributed by atoms with van der Waals surface area (Å²) in [7, 11) is 1.62. The van der Waals surface area contributed by atoms with Crippen molar-refractivity contribution in [2.45, 2.75) is 19.9 Å². The number of anilines is 1. The zero-order valence-electron chi connectivity index (χ0n) is 11.0. The molecule has 3 N–H and O–H groups in total. The number of carbonyl (C=O) groups is 1. The van der Waals surface area contributed by atoms with Crippen LogP contribution in [0.2, 0.25) is 0 Å². The number of nitrogen functional groups attached to an aromatic ring is 1. The van der Waals surface area contributed by atoms with Crippen molar-refractivity contribution in [3.63, 3.8) is 0 Å². The molecular weight excluding hydrogens is 232 g/mol. The highest BCUT2D eigenvalue weighted by Gasteiger charge is 2.19. The smallest absolute Gasteiger partial charge is 0.255 e. The maximum Gasteiger partial charge on any atom is 0.255 e. The number of nitrogens with one attached hydrogen (secondary N) is 1. The second-order valence-electron chi connectivity index (χ2n) is 3.97. The molecule has 1 amide bonds. The van der Waals surface area contributed by atoms with Gasteiger partial charge in [-0.1, -0.05) is 0 Å². The molecule has 1 atom stereocenters. The van der Waals surface area contributed by atoms with Crippen LogP contribution in [-0.2, 0) is 4.74 Å². The van der Waals surface area contributed by atoms with Gasteiger partial charge in [0.05, 0.1) is 18.2 Å². The topological polar surface area (TPSA) is 80.5 Å². The van der Waals surface area contributed by atoms with Crippen LogP contribution in [0.5, 0.6) is 0 Å². The molecule has 1 aromatic heterocycles. The summed E-state index contributed by atoms with van der Waals surface area (Å²) in [5.41, 5.74) is 2.96. The molecule has 0 aliphatic rings. The first kappa shape index (κ1) is 14.4. The largest absolute Gasteiger partial charge is 0.383 e. The minimum Gasteiger partial charge on any atom is -0.383 e. The highest BCUT2D eigenvalue weighted by Crippen LogP contribution is 2.10. The lowest BCUT2D eigenvalue weighted by Crippen LogP contribution is -2.40. The Morgan fingerprint density at radius 1 is 1.61 bits per heavy atom. The fraction of sp³-hybridized carbons (Fsp3) is 0.500. The summed E-state index contributed by atoms with van der Waals surface area (Å²) < 4.78 is 5.07. The van der Waals surface area contributed by atoms with E-state index < -0.39 is 0 Å². The Kier molecular flexibility index (Phi) is 5.54. The van der Waals surface area contributed by atoms with Crippen molar-refractivity contribution in [3.05, 3.63) is 23.9 Å². The van der Waals surface area contributed by atoms with Crippen molar-refractivity contribution >= 4 is 11.7 Å². The minimum atomic E-state index is -0.0573. The number of ether oxygens (including phenoxy) is 1. The summed E-state index contributed by atoms with van der Waals surface area (Å²) in [4.78, 5) is 18.0. The van der Waals surface area contributed by atoms with Crippen LogP contribution in [0.15, 0.2) is 18.3 Å². The zero-order valence-corrected chi connectivity index (χ0v) is 11.0. The first-order chi connectivity index (χ1) is 8.63. The number of nitrogens with zero attached hydrogens (tertiary/aromatic N) is 2. The van der Waals surface area contributed by atoms with E-state index in [4.69, 9.17) is 10.6 Å². The lowest BCUT2D eigenvalue weighted by Gasteiger charge is -2.27. The van der Waals surface area contributed by atoms with Crippen molar-refractivity contribution in [1.82, 2.24) is 9.88 Å². The molecule has 0 aromatic carbocycles. The normalized spacial score (nSPS) is 12.0. The first-order valence-corrected chi connectivity index (χ1v) is 5.86. The summed E-state index contributed by atoms with van der Waals surface area (Å²) in [6.45, 7) is 5.02. The van der Waals surface area contributed by atoms with Crippen molar-refractivity contribution in [2.75, 3.05) is 25.7 Å². The molecule has 18 heavy (non-hydrogen) atoms. The molecule has 1 unspecified atom stereocenters. The highest BCUT2D eigenvalue weighted by molar-refractivity contribution is 5.94. The van der Waals surface area contributed by atoms with E-state index in [1.807, 2.05) is 13.8 Å². The number of rotatable bonds is 6. The first-order valence-electron chi connectivity index (χ1n) is 5.86. The van der Waals surface area contributed by atoms with Crippen LogP contribution in [0.4, 0.5) is 5.82 Å². The predicted molar refractivity (Wildman–Crippen MR) is 70.1 cm³/mol. The van der Waals surface area contributed by atoms with Gasteiger partial charge in [-0.05, 0) is 26.0 Å². The van der Waals surface area contributed by atoms with Gasteiger partial charge in [-0.15, -0.1) is 0 Å². The Bertz CT molecular complexity index is 380. The number of likely N-dealkylation sites (N-methyl/N-ethyl adjacent to an activating group) is 1. The van der Waals surface area contributed by atoms with Crippen LogP contribution in [0, 0.1) is 0 Å². The van der Waals surface area contributed by atoms with Gasteiger partial charge in [-0.25, -0.2) is 10.8 Å². The van der Waals surface area contributed by atoms with Gasteiger partial charge in [0.1, 0.15) is 5.82 Å². The summed E-state index contributed by atoms with van der Waals surface area (Å²) in [5, 5.41) is 0. The van der Waals surface area contributed by atoms with Gasteiger partial charge in [0.2, 0.25) is 0 Å². The number of hydrogen-bond donors (Lipinski definition) is 2. The fourth-order valence-electron chi connectivity index (χ4n) is 1.76. The maximum atomic E-state index is 12.3. The van der Waals surface area contributed by atoms with E-state index in [0.717, 1.165) is 0 Å². The number of nitrogens with two attached hydrogens (primary N) is 1. The van der Waals surface area contributed by atoms with Crippen molar-refractivity contribution in [1.29, 1.82) is 0 Å². The van der Waals surface area contributed by atoms with Crippen LogP contribution in [0.3, 0.4) is 0 Å². The molecule has 0 aliphatic heterocycles. The molecule has 1 aromatic rings. The average Bonchev–Trinajstić information content (AvgIpc) is 2.40. The van der Waals surface area contributed by atoms with E-state index in [0.29, 0.717) is 24.5 Å². The van der Waals surface area contributed by atoms with Crippen molar-refractivity contribution in [2.24, 2.45) is 5.84 Å². The number of carbonyl (C=O) groups excluding carboxylic acids is 1. The molecule has 0 spiro atoms. The molecule has 6 heteroatoms. The number of amides is 1. The van der Waals surface area contributed by atoms with Crippen molar-refractivity contribution < 1.29 is 9.53 Å². The van der Waals surface area contributed by atoms with Crippen LogP contribution < -0.4 is 11.3 Å². The molecular formula is C12H20N4O2. The fourth-order valence-corrected chi connectivity index (χ4v) is 1.76. The molecule has 0 saturated heterocycles. The summed E-state index contributed by atoms with van der Waals surface area (Å²) in [5.74, 6) is 5.70. The van der Waals surface area contributed by atoms with Gasteiger partial charge in [0.25, 0.3) is 5.91 Å². The maximum absolute atomic E-state index is 12.3. The van der Waals surface area contributed by atoms with E-state index in [2.05, 4.69) is 10.4 Å². The Morgan fingerprint density at radius 2 is 2.33 bits per heavy atom. The van der Waals surface area contributed by atoms with Crippen LogP contribution in [0.1, 0.15) is 24.2 Å². The standard InChI is InChI=1S/C12H20N4O2/c1-4-16(9(2)8-18-3)12(17)10-5-6-11(15-13)14-7-10/h5-7,9H,4,8,13H2,1-3H3,(H,14,15). The second kappa shape index (κ2) is 6.93.